The van der Waals surface area contributed by atoms with Crippen LogP contribution in [-0.4, -0.2) is 20.4 Å². The van der Waals surface area contributed by atoms with Gasteiger partial charge in [0.2, 0.25) is 0 Å². The Morgan fingerprint density at radius 1 is 1.47 bits per heavy atom. The molecular formula is C12H15BO2. The van der Waals surface area contributed by atoms with E-state index in [4.69, 9.17) is 4.74 Å². The van der Waals surface area contributed by atoms with Crippen LogP contribution in [0.4, 0.5) is 0 Å². The fourth-order valence-electron chi connectivity index (χ4n) is 1.89. The molecule has 15 heavy (non-hydrogen) atoms. The fourth-order valence-corrected chi connectivity index (χ4v) is 1.89. The molecule has 0 radical (unpaired) electrons. The second kappa shape index (κ2) is 4.09. The average Bonchev–Trinajstić information content (AvgIpc) is 2.99. The van der Waals surface area contributed by atoms with Crippen molar-refractivity contribution in [1.82, 2.24) is 0 Å². The first-order valence-electron chi connectivity index (χ1n) is 5.45. The standard InChI is InChI=1S/C12H15BO2/c1-2-15-12(14)11-7-10(11)8-3-5-9(13)6-4-8/h3-6,10-11H,2,7,13H2,1H3. The smallest absolute Gasteiger partial charge is 0.309 e. The molecule has 1 aromatic rings. The molecule has 0 aromatic heterocycles. The number of ether oxygens (including phenoxy) is 1. The number of hydrogen-bond acceptors (Lipinski definition) is 2. The zero-order valence-electron chi connectivity index (χ0n) is 9.19. The molecule has 0 spiro atoms. The van der Waals surface area contributed by atoms with Crippen molar-refractivity contribution in [3.8, 4) is 0 Å². The molecule has 0 bridgehead atoms. The third kappa shape index (κ3) is 2.22. The van der Waals surface area contributed by atoms with E-state index in [2.05, 4.69) is 32.1 Å². The van der Waals surface area contributed by atoms with E-state index in [1.54, 1.807) is 0 Å². The maximum absolute atomic E-state index is 11.4. The molecule has 0 heterocycles. The zero-order valence-corrected chi connectivity index (χ0v) is 9.19. The number of benzene rings is 1. The van der Waals surface area contributed by atoms with Gasteiger partial charge in [0.1, 0.15) is 7.85 Å². The summed E-state index contributed by atoms with van der Waals surface area (Å²) in [6.45, 7) is 2.33. The summed E-state index contributed by atoms with van der Waals surface area (Å²) in [4.78, 5) is 11.4. The fraction of sp³-hybridized carbons (Fsp3) is 0.417. The van der Waals surface area contributed by atoms with Gasteiger partial charge >= 0.3 is 5.97 Å². The van der Waals surface area contributed by atoms with Gasteiger partial charge in [0.15, 0.2) is 0 Å². The van der Waals surface area contributed by atoms with Gasteiger partial charge < -0.3 is 4.74 Å². The molecular weight excluding hydrogens is 187 g/mol. The van der Waals surface area contributed by atoms with Crippen LogP contribution in [0.25, 0.3) is 0 Å². The Kier molecular flexibility index (Phi) is 2.80. The van der Waals surface area contributed by atoms with Gasteiger partial charge in [-0.1, -0.05) is 29.7 Å². The van der Waals surface area contributed by atoms with Crippen molar-refractivity contribution in [3.63, 3.8) is 0 Å². The number of hydrogen-bond donors (Lipinski definition) is 0. The van der Waals surface area contributed by atoms with Crippen LogP contribution < -0.4 is 5.46 Å². The summed E-state index contributed by atoms with van der Waals surface area (Å²) in [5.41, 5.74) is 2.52. The lowest BCUT2D eigenvalue weighted by Gasteiger charge is -2.01. The van der Waals surface area contributed by atoms with E-state index in [0.29, 0.717) is 12.5 Å². The Balaban J connectivity index is 1.98. The minimum atomic E-state index is -0.0388. The van der Waals surface area contributed by atoms with E-state index in [0.717, 1.165) is 6.42 Å². The highest BCUT2D eigenvalue weighted by molar-refractivity contribution is 6.32. The van der Waals surface area contributed by atoms with Gasteiger partial charge in [-0.25, -0.2) is 0 Å². The van der Waals surface area contributed by atoms with E-state index in [9.17, 15) is 4.79 Å². The van der Waals surface area contributed by atoms with Gasteiger partial charge in [-0.15, -0.1) is 0 Å². The minimum Gasteiger partial charge on any atom is -0.466 e. The Bertz CT molecular complexity index is 358. The van der Waals surface area contributed by atoms with Gasteiger partial charge in [0.25, 0.3) is 0 Å². The van der Waals surface area contributed by atoms with E-state index in [1.807, 2.05) is 6.92 Å². The van der Waals surface area contributed by atoms with Crippen LogP contribution in [0.15, 0.2) is 24.3 Å². The summed E-state index contributed by atoms with van der Waals surface area (Å²) in [5.74, 6) is 0.459. The second-order valence-corrected chi connectivity index (χ2v) is 4.11. The summed E-state index contributed by atoms with van der Waals surface area (Å²) in [6.07, 6.45) is 0.946. The first kappa shape index (κ1) is 10.3. The molecule has 1 saturated carbocycles. The van der Waals surface area contributed by atoms with Crippen LogP contribution in [-0.2, 0) is 9.53 Å². The van der Waals surface area contributed by atoms with Crippen LogP contribution in [0.3, 0.4) is 0 Å². The number of carbonyl (C=O) groups is 1. The Morgan fingerprint density at radius 2 is 2.13 bits per heavy atom. The van der Waals surface area contributed by atoms with Crippen LogP contribution >= 0.6 is 0 Å². The zero-order chi connectivity index (χ0) is 10.8. The summed E-state index contributed by atoms with van der Waals surface area (Å²) in [7, 11) is 2.07. The van der Waals surface area contributed by atoms with Crippen molar-refractivity contribution in [3.05, 3.63) is 29.8 Å². The average molecular weight is 202 g/mol. The highest BCUT2D eigenvalue weighted by atomic mass is 16.5. The maximum Gasteiger partial charge on any atom is 0.309 e. The lowest BCUT2D eigenvalue weighted by molar-refractivity contribution is -0.144. The van der Waals surface area contributed by atoms with Crippen LogP contribution in [0.5, 0.6) is 0 Å². The molecule has 1 aliphatic rings. The van der Waals surface area contributed by atoms with E-state index >= 15 is 0 Å². The molecule has 0 amide bonds. The minimum absolute atomic E-state index is 0.0388. The molecule has 2 nitrogen and oxygen atoms in total. The normalized spacial score (nSPS) is 23.5. The van der Waals surface area contributed by atoms with Gasteiger partial charge in [-0.2, -0.15) is 0 Å². The van der Waals surface area contributed by atoms with Crippen molar-refractivity contribution in [2.45, 2.75) is 19.3 Å². The highest BCUT2D eigenvalue weighted by Gasteiger charge is 2.44. The van der Waals surface area contributed by atoms with Gasteiger partial charge in [-0.3, -0.25) is 4.79 Å². The molecule has 1 aliphatic carbocycles. The lowest BCUT2D eigenvalue weighted by atomic mass is 9.94. The molecule has 2 unspecified atom stereocenters. The third-order valence-corrected chi connectivity index (χ3v) is 2.89. The summed E-state index contributed by atoms with van der Waals surface area (Å²) >= 11 is 0. The molecule has 0 saturated heterocycles. The first-order chi connectivity index (χ1) is 7.22. The SMILES string of the molecule is Bc1ccc(C2CC2C(=O)OCC)cc1. The van der Waals surface area contributed by atoms with E-state index in [1.165, 1.54) is 11.0 Å². The maximum atomic E-state index is 11.4. The molecule has 2 rings (SSSR count). The predicted octanol–water partition coefficient (Wildman–Crippen LogP) is 0.612. The van der Waals surface area contributed by atoms with E-state index in [-0.39, 0.29) is 11.9 Å². The molecule has 3 heteroatoms. The highest BCUT2D eigenvalue weighted by Crippen LogP contribution is 2.47. The van der Waals surface area contributed by atoms with E-state index < -0.39 is 0 Å². The summed E-state index contributed by atoms with van der Waals surface area (Å²) in [5, 5.41) is 0. The van der Waals surface area contributed by atoms with Crippen molar-refractivity contribution >= 4 is 19.3 Å². The monoisotopic (exact) mass is 202 g/mol. The van der Waals surface area contributed by atoms with Crippen molar-refractivity contribution < 1.29 is 9.53 Å². The predicted molar refractivity (Wildman–Crippen MR) is 62.1 cm³/mol. The third-order valence-electron chi connectivity index (χ3n) is 2.89. The quantitative estimate of drug-likeness (QED) is 0.530. The van der Waals surface area contributed by atoms with Crippen LogP contribution in [0.1, 0.15) is 24.8 Å². The molecule has 1 aromatic carbocycles. The number of rotatable bonds is 3. The second-order valence-electron chi connectivity index (χ2n) is 4.11. The lowest BCUT2D eigenvalue weighted by Crippen LogP contribution is -2.07. The van der Waals surface area contributed by atoms with Crippen LogP contribution in [0, 0.1) is 5.92 Å². The molecule has 78 valence electrons. The Morgan fingerprint density at radius 3 is 2.73 bits per heavy atom. The summed E-state index contributed by atoms with van der Waals surface area (Å²) in [6, 6.07) is 8.41. The van der Waals surface area contributed by atoms with Crippen molar-refractivity contribution in [2.75, 3.05) is 6.61 Å². The Labute approximate surface area is 91.0 Å². The molecule has 0 N–H and O–H groups in total. The molecule has 0 aliphatic heterocycles. The van der Waals surface area contributed by atoms with Crippen molar-refractivity contribution in [2.24, 2.45) is 5.92 Å². The largest absolute Gasteiger partial charge is 0.466 e. The van der Waals surface area contributed by atoms with Crippen LogP contribution in [0.2, 0.25) is 0 Å². The topological polar surface area (TPSA) is 26.3 Å². The number of esters is 1. The van der Waals surface area contributed by atoms with Crippen molar-refractivity contribution in [1.29, 1.82) is 0 Å². The molecule has 2 atom stereocenters. The Hall–Kier alpha value is -1.25. The van der Waals surface area contributed by atoms with Gasteiger partial charge in [0.05, 0.1) is 12.5 Å². The van der Waals surface area contributed by atoms with Gasteiger partial charge in [-0.05, 0) is 24.8 Å². The molecule has 1 fully saturated rings. The van der Waals surface area contributed by atoms with Gasteiger partial charge in [0, 0.05) is 0 Å². The first-order valence-corrected chi connectivity index (χ1v) is 5.45. The summed E-state index contributed by atoms with van der Waals surface area (Å²) < 4.78 is 5.00. The number of carbonyl (C=O) groups excluding carboxylic acids is 1.